The molecule has 2 aliphatic rings. The highest BCUT2D eigenvalue weighted by Crippen LogP contribution is 2.48. The van der Waals surface area contributed by atoms with Gasteiger partial charge in [-0.1, -0.05) is 44.2 Å². The second-order valence-electron chi connectivity index (χ2n) is 10.9. The zero-order chi connectivity index (χ0) is 30.4. The zero-order valence-electron chi connectivity index (χ0n) is 24.5. The number of halogens is 2. The lowest BCUT2D eigenvalue weighted by atomic mass is 9.95. The molecule has 1 saturated heterocycles. The summed E-state index contributed by atoms with van der Waals surface area (Å²) in [5.74, 6) is 0.254. The van der Waals surface area contributed by atoms with Gasteiger partial charge in [-0.05, 0) is 54.7 Å². The molecule has 10 heteroatoms. The highest BCUT2D eigenvalue weighted by molar-refractivity contribution is 6.35. The van der Waals surface area contributed by atoms with Gasteiger partial charge in [0.2, 0.25) is 5.91 Å². The minimum atomic E-state index is -0.485. The molecule has 6 rings (SSSR count). The molecule has 0 spiro atoms. The van der Waals surface area contributed by atoms with Gasteiger partial charge in [-0.2, -0.15) is 4.98 Å². The van der Waals surface area contributed by atoms with Crippen molar-refractivity contribution in [3.05, 3.63) is 87.3 Å². The number of aromatic nitrogens is 3. The molecule has 2 aromatic heterocycles. The SMILES string of the molecule is C=CC(=O)N1CCN(c2nc(=O)n(-c3c(CC)cncc3CC)c3c4c(c(Cl)cc23)-c2c(F)cccc2CCO4)[C@@H](C)C1. The predicted molar refractivity (Wildman–Crippen MR) is 167 cm³/mol. The molecule has 43 heavy (non-hydrogen) atoms. The number of aryl methyl sites for hydroxylation is 2. The molecular formula is C33H33ClFN5O3. The van der Waals surface area contributed by atoms with Crippen LogP contribution in [0.25, 0.3) is 27.7 Å². The van der Waals surface area contributed by atoms with Crippen molar-refractivity contribution >= 4 is 34.2 Å². The fraction of sp³-hybridized carbons (Fsp3) is 0.333. The van der Waals surface area contributed by atoms with Crippen LogP contribution < -0.4 is 15.3 Å². The maximum Gasteiger partial charge on any atom is 0.354 e. The Kier molecular flexibility index (Phi) is 7.68. The second kappa shape index (κ2) is 11.4. The van der Waals surface area contributed by atoms with Gasteiger partial charge in [0.1, 0.15) is 17.2 Å². The van der Waals surface area contributed by atoms with Gasteiger partial charge >= 0.3 is 5.69 Å². The van der Waals surface area contributed by atoms with E-state index in [1.165, 1.54) is 12.1 Å². The van der Waals surface area contributed by atoms with Crippen LogP contribution in [0, 0.1) is 5.82 Å². The van der Waals surface area contributed by atoms with E-state index in [-0.39, 0.29) is 18.6 Å². The first-order chi connectivity index (χ1) is 20.8. The predicted octanol–water partition coefficient (Wildman–Crippen LogP) is 5.52. The third kappa shape index (κ3) is 4.76. The standard InChI is InChI=1S/C33H33ClFN5O3/c1-5-20-16-36-17-21(6-2)29(20)40-30-23(32(37-33(40)42)39-13-12-38(18-19(39)4)26(41)7-3)15-24(34)28-27-22(9-8-10-25(27)35)11-14-43-31(28)30/h7-10,15-17,19H,3,5-6,11-14,18H2,1-2,4H3/t19-/m0/s1. The smallest absolute Gasteiger partial charge is 0.354 e. The highest BCUT2D eigenvalue weighted by atomic mass is 35.5. The quantitative estimate of drug-likeness (QED) is 0.280. The molecule has 0 N–H and O–H groups in total. The van der Waals surface area contributed by atoms with Crippen LogP contribution in [-0.4, -0.2) is 57.6 Å². The van der Waals surface area contributed by atoms with E-state index in [1.54, 1.807) is 34.0 Å². The molecule has 2 aliphatic heterocycles. The first kappa shape index (κ1) is 28.9. The number of hydrogen-bond donors (Lipinski definition) is 0. The number of anilines is 1. The number of carbonyl (C=O) groups is 1. The van der Waals surface area contributed by atoms with Crippen molar-refractivity contribution in [2.75, 3.05) is 31.1 Å². The van der Waals surface area contributed by atoms with Crippen molar-refractivity contribution in [3.8, 4) is 22.6 Å². The second-order valence-corrected chi connectivity index (χ2v) is 11.3. The molecule has 8 nitrogen and oxygen atoms in total. The van der Waals surface area contributed by atoms with E-state index in [1.807, 2.05) is 31.7 Å². The molecule has 1 fully saturated rings. The Bertz CT molecular complexity index is 1820. The van der Waals surface area contributed by atoms with E-state index in [0.717, 1.165) is 16.7 Å². The van der Waals surface area contributed by atoms with Crippen LogP contribution in [0.15, 0.2) is 54.1 Å². The average Bonchev–Trinajstić information content (AvgIpc) is 3.21. The number of nitrogens with zero attached hydrogens (tertiary/aromatic N) is 5. The number of benzene rings is 2. The Hall–Kier alpha value is -4.24. The van der Waals surface area contributed by atoms with Crippen LogP contribution >= 0.6 is 11.6 Å². The molecule has 0 saturated carbocycles. The van der Waals surface area contributed by atoms with Crippen molar-refractivity contribution in [2.45, 2.75) is 46.1 Å². The Morgan fingerprint density at radius 1 is 1.19 bits per heavy atom. The van der Waals surface area contributed by atoms with Crippen molar-refractivity contribution in [1.82, 2.24) is 19.4 Å². The maximum absolute atomic E-state index is 15.6. The Morgan fingerprint density at radius 2 is 1.93 bits per heavy atom. The largest absolute Gasteiger partial charge is 0.490 e. The summed E-state index contributed by atoms with van der Waals surface area (Å²) in [5.41, 5.74) is 4.05. The van der Waals surface area contributed by atoms with E-state index in [9.17, 15) is 9.59 Å². The number of fused-ring (bicyclic) bond motifs is 5. The maximum atomic E-state index is 15.6. The van der Waals surface area contributed by atoms with Gasteiger partial charge in [-0.15, -0.1) is 0 Å². The first-order valence-corrected chi connectivity index (χ1v) is 15.0. The fourth-order valence-electron chi connectivity index (χ4n) is 6.38. The monoisotopic (exact) mass is 601 g/mol. The average molecular weight is 602 g/mol. The summed E-state index contributed by atoms with van der Waals surface area (Å²) in [4.78, 5) is 39.5. The highest BCUT2D eigenvalue weighted by Gasteiger charge is 2.33. The van der Waals surface area contributed by atoms with Gasteiger partial charge < -0.3 is 14.5 Å². The van der Waals surface area contributed by atoms with Crippen LogP contribution in [0.5, 0.6) is 5.75 Å². The van der Waals surface area contributed by atoms with Gasteiger partial charge in [0.25, 0.3) is 0 Å². The normalized spacial score (nSPS) is 16.3. The summed E-state index contributed by atoms with van der Waals surface area (Å²) in [6.07, 6.45) is 6.60. The Balaban J connectivity index is 1.72. The van der Waals surface area contributed by atoms with Crippen molar-refractivity contribution in [3.63, 3.8) is 0 Å². The number of hydrogen-bond acceptors (Lipinski definition) is 6. The number of pyridine rings is 1. The van der Waals surface area contributed by atoms with E-state index < -0.39 is 11.5 Å². The van der Waals surface area contributed by atoms with Crippen molar-refractivity contribution in [2.24, 2.45) is 0 Å². The van der Waals surface area contributed by atoms with E-state index >= 15 is 4.39 Å². The van der Waals surface area contributed by atoms with Crippen LogP contribution in [-0.2, 0) is 24.1 Å². The van der Waals surface area contributed by atoms with Crippen molar-refractivity contribution in [1.29, 1.82) is 0 Å². The number of carbonyl (C=O) groups excluding carboxylic acids is 1. The molecule has 1 atom stereocenters. The summed E-state index contributed by atoms with van der Waals surface area (Å²) in [6.45, 7) is 11.2. The van der Waals surface area contributed by atoms with Crippen LogP contribution in [0.3, 0.4) is 0 Å². The fourth-order valence-corrected chi connectivity index (χ4v) is 6.67. The number of rotatable bonds is 5. The minimum Gasteiger partial charge on any atom is -0.490 e. The lowest BCUT2D eigenvalue weighted by Crippen LogP contribution is -2.54. The lowest BCUT2D eigenvalue weighted by Gasteiger charge is -2.40. The van der Waals surface area contributed by atoms with E-state index in [4.69, 9.17) is 16.3 Å². The lowest BCUT2D eigenvalue weighted by molar-refractivity contribution is -0.126. The zero-order valence-corrected chi connectivity index (χ0v) is 25.2. The van der Waals surface area contributed by atoms with Crippen LogP contribution in [0.2, 0.25) is 5.02 Å². The molecule has 0 radical (unpaired) electrons. The summed E-state index contributed by atoms with van der Waals surface area (Å²) >= 11 is 7.03. The molecule has 0 aliphatic carbocycles. The third-order valence-corrected chi connectivity index (χ3v) is 8.77. The topological polar surface area (TPSA) is 80.6 Å². The molecule has 4 heterocycles. The van der Waals surface area contributed by atoms with E-state index in [0.29, 0.717) is 83.2 Å². The number of ether oxygens (including phenoxy) is 1. The first-order valence-electron chi connectivity index (χ1n) is 14.6. The minimum absolute atomic E-state index is 0.140. The van der Waals surface area contributed by atoms with E-state index in [2.05, 4.69) is 16.5 Å². The van der Waals surface area contributed by atoms with Gasteiger partial charge in [-0.3, -0.25) is 14.3 Å². The van der Waals surface area contributed by atoms with Gasteiger partial charge in [0.15, 0.2) is 5.75 Å². The molecular weight excluding hydrogens is 569 g/mol. The molecule has 0 bridgehead atoms. The van der Waals surface area contributed by atoms with Gasteiger partial charge in [-0.25, -0.2) is 9.18 Å². The molecule has 4 aromatic rings. The number of piperazine rings is 1. The molecule has 2 aromatic carbocycles. The summed E-state index contributed by atoms with van der Waals surface area (Å²) < 4.78 is 23.6. The summed E-state index contributed by atoms with van der Waals surface area (Å²) in [6, 6.07) is 6.59. The summed E-state index contributed by atoms with van der Waals surface area (Å²) in [5, 5.41) is 0.915. The van der Waals surface area contributed by atoms with Crippen LogP contribution in [0.4, 0.5) is 10.2 Å². The molecule has 1 amide bonds. The number of amides is 1. The van der Waals surface area contributed by atoms with Gasteiger partial charge in [0.05, 0.1) is 17.3 Å². The third-order valence-electron chi connectivity index (χ3n) is 8.47. The van der Waals surface area contributed by atoms with Crippen LogP contribution in [0.1, 0.15) is 37.5 Å². The Morgan fingerprint density at radius 3 is 2.60 bits per heavy atom. The Labute approximate surface area is 254 Å². The molecule has 0 unspecified atom stereocenters. The summed E-state index contributed by atoms with van der Waals surface area (Å²) in [7, 11) is 0. The van der Waals surface area contributed by atoms with Gasteiger partial charge in [0, 0.05) is 61.0 Å². The molecule has 222 valence electrons. The van der Waals surface area contributed by atoms with Crippen molar-refractivity contribution < 1.29 is 13.9 Å².